The lowest BCUT2D eigenvalue weighted by molar-refractivity contribution is -0.116. The van der Waals surface area contributed by atoms with Gasteiger partial charge in [0.2, 0.25) is 21.8 Å². The molecule has 1 aromatic heterocycles. The maximum absolute atomic E-state index is 12.6. The molecule has 3 rings (SSSR count). The number of sulfonamides is 1. The summed E-state index contributed by atoms with van der Waals surface area (Å²) in [5.74, 6) is 0.404. The fraction of sp³-hybridized carbons (Fsp3) is 0.391. The van der Waals surface area contributed by atoms with Crippen LogP contribution in [-0.4, -0.2) is 31.4 Å². The molecule has 0 fully saturated rings. The number of hydrogen-bond acceptors (Lipinski definition) is 6. The summed E-state index contributed by atoms with van der Waals surface area (Å²) in [6.45, 7) is 11.4. The summed E-state index contributed by atoms with van der Waals surface area (Å²) in [5, 5.41) is 5.95. The van der Waals surface area contributed by atoms with Crippen molar-refractivity contribution in [2.45, 2.75) is 63.9 Å². The van der Waals surface area contributed by atoms with Crippen LogP contribution in [-0.2, 0) is 20.2 Å². The fourth-order valence-electron chi connectivity index (χ4n) is 3.00. The van der Waals surface area contributed by atoms with Gasteiger partial charge in [0.1, 0.15) is 11.6 Å². The number of carbonyl (C=O) groups excluding carboxylic acids is 1. The lowest BCUT2D eigenvalue weighted by Gasteiger charge is -2.15. The molecule has 0 aliphatic carbocycles. The van der Waals surface area contributed by atoms with Crippen molar-refractivity contribution in [2.75, 3.05) is 10.6 Å². The predicted octanol–water partition coefficient (Wildman–Crippen LogP) is 4.25. The fourth-order valence-corrected chi connectivity index (χ4v) is 4.25. The molecule has 172 valence electrons. The third kappa shape index (κ3) is 5.66. The highest BCUT2D eigenvalue weighted by Gasteiger charge is 2.21. The number of anilines is 2. The van der Waals surface area contributed by atoms with Gasteiger partial charge in [-0.1, -0.05) is 20.8 Å². The van der Waals surface area contributed by atoms with Crippen LogP contribution in [0.4, 0.5) is 11.4 Å². The second-order valence-electron chi connectivity index (χ2n) is 9.11. The van der Waals surface area contributed by atoms with Gasteiger partial charge in [-0.15, -0.1) is 0 Å². The highest BCUT2D eigenvalue weighted by Crippen LogP contribution is 2.27. The smallest absolute Gasteiger partial charge is 0.246 e. The molecule has 9 heteroatoms. The van der Waals surface area contributed by atoms with E-state index in [4.69, 9.17) is 4.42 Å². The van der Waals surface area contributed by atoms with E-state index in [0.717, 1.165) is 11.2 Å². The molecule has 8 nitrogen and oxygen atoms in total. The molecule has 1 unspecified atom stereocenters. The van der Waals surface area contributed by atoms with E-state index in [1.165, 1.54) is 12.1 Å². The molecule has 0 saturated heterocycles. The summed E-state index contributed by atoms with van der Waals surface area (Å²) < 4.78 is 32.8. The maximum atomic E-state index is 12.6. The van der Waals surface area contributed by atoms with Crippen LogP contribution < -0.4 is 15.4 Å². The minimum atomic E-state index is -3.58. The molecule has 0 spiro atoms. The van der Waals surface area contributed by atoms with Crippen LogP contribution in [0.25, 0.3) is 11.1 Å². The minimum absolute atomic E-state index is 0.144. The number of aromatic nitrogens is 1. The Morgan fingerprint density at radius 2 is 1.62 bits per heavy atom. The van der Waals surface area contributed by atoms with Crippen molar-refractivity contribution in [3.05, 3.63) is 48.4 Å². The van der Waals surface area contributed by atoms with Gasteiger partial charge in [-0.25, -0.2) is 18.1 Å². The van der Waals surface area contributed by atoms with Gasteiger partial charge in [-0.3, -0.25) is 4.79 Å². The summed E-state index contributed by atoms with van der Waals surface area (Å²) in [5.41, 5.74) is 2.47. The largest absolute Gasteiger partial charge is 0.440 e. The Kier molecular flexibility index (Phi) is 6.61. The lowest BCUT2D eigenvalue weighted by atomic mass is 9.97. The number of hydrogen-bond donors (Lipinski definition) is 3. The SMILES string of the molecule is CC(C)NS(=O)(=O)c1ccc(NC(=O)C(C)Nc2ccc3oc(C(C)(C)C)nc3c2)cc1. The normalized spacial score (nSPS) is 13.3. The number of rotatable bonds is 7. The molecule has 1 heterocycles. The second kappa shape index (κ2) is 8.91. The van der Waals surface area contributed by atoms with E-state index in [9.17, 15) is 13.2 Å². The Morgan fingerprint density at radius 3 is 2.22 bits per heavy atom. The van der Waals surface area contributed by atoms with Crippen LogP contribution in [0.5, 0.6) is 0 Å². The molecule has 0 aliphatic rings. The van der Waals surface area contributed by atoms with Crippen molar-refractivity contribution < 1.29 is 17.6 Å². The number of nitrogens with zero attached hydrogens (tertiary/aromatic N) is 1. The first-order valence-corrected chi connectivity index (χ1v) is 11.9. The molecule has 0 bridgehead atoms. The quantitative estimate of drug-likeness (QED) is 0.488. The molecule has 1 amide bonds. The molecule has 2 aromatic carbocycles. The van der Waals surface area contributed by atoms with Crippen LogP contribution in [0.15, 0.2) is 51.8 Å². The highest BCUT2D eigenvalue weighted by molar-refractivity contribution is 7.89. The van der Waals surface area contributed by atoms with Gasteiger partial charge in [0.05, 0.1) is 4.90 Å². The number of fused-ring (bicyclic) bond motifs is 1. The average molecular weight is 459 g/mol. The number of amides is 1. The summed E-state index contributed by atoms with van der Waals surface area (Å²) in [6, 6.07) is 10.8. The van der Waals surface area contributed by atoms with Gasteiger partial charge in [0.25, 0.3) is 0 Å². The summed E-state index contributed by atoms with van der Waals surface area (Å²) in [7, 11) is -3.58. The maximum Gasteiger partial charge on any atom is 0.246 e. The van der Waals surface area contributed by atoms with E-state index < -0.39 is 16.1 Å². The Labute approximate surface area is 188 Å². The van der Waals surface area contributed by atoms with Gasteiger partial charge in [-0.05, 0) is 63.2 Å². The van der Waals surface area contributed by atoms with Crippen molar-refractivity contribution >= 4 is 38.4 Å². The zero-order chi connectivity index (χ0) is 23.7. The lowest BCUT2D eigenvalue weighted by Crippen LogP contribution is -2.32. The first-order valence-electron chi connectivity index (χ1n) is 10.5. The van der Waals surface area contributed by atoms with Crippen LogP contribution in [0, 0.1) is 0 Å². The first-order chi connectivity index (χ1) is 14.8. The van der Waals surface area contributed by atoms with Crippen LogP contribution >= 0.6 is 0 Å². The van der Waals surface area contributed by atoms with Gasteiger partial charge in [0, 0.05) is 22.8 Å². The molecule has 0 aliphatic heterocycles. The molecule has 0 radical (unpaired) electrons. The van der Waals surface area contributed by atoms with Crippen molar-refractivity contribution in [3.8, 4) is 0 Å². The van der Waals surface area contributed by atoms with E-state index in [1.807, 2.05) is 39.0 Å². The molecule has 3 N–H and O–H groups in total. The number of nitrogens with one attached hydrogen (secondary N) is 3. The zero-order valence-electron chi connectivity index (χ0n) is 19.2. The van der Waals surface area contributed by atoms with E-state index in [2.05, 4.69) is 20.3 Å². The number of benzene rings is 2. The molecular weight excluding hydrogens is 428 g/mol. The van der Waals surface area contributed by atoms with Crippen LogP contribution in [0.2, 0.25) is 0 Å². The van der Waals surface area contributed by atoms with Gasteiger partial charge in [-0.2, -0.15) is 0 Å². The number of oxazole rings is 1. The molecular formula is C23H30N4O4S. The predicted molar refractivity (Wildman–Crippen MR) is 126 cm³/mol. The third-order valence-electron chi connectivity index (χ3n) is 4.63. The average Bonchev–Trinajstić information content (AvgIpc) is 3.11. The first kappa shape index (κ1) is 23.7. The number of carbonyl (C=O) groups is 1. The van der Waals surface area contributed by atoms with Gasteiger partial charge in [0.15, 0.2) is 5.58 Å². The Bertz CT molecular complexity index is 1210. The monoisotopic (exact) mass is 458 g/mol. The van der Waals surface area contributed by atoms with E-state index in [1.54, 1.807) is 32.9 Å². The molecule has 3 aromatic rings. The Balaban J connectivity index is 1.66. The second-order valence-corrected chi connectivity index (χ2v) is 10.8. The molecule has 32 heavy (non-hydrogen) atoms. The zero-order valence-corrected chi connectivity index (χ0v) is 20.0. The van der Waals surface area contributed by atoms with Crippen molar-refractivity contribution in [1.29, 1.82) is 0 Å². The van der Waals surface area contributed by atoms with Crippen molar-refractivity contribution in [1.82, 2.24) is 9.71 Å². The van der Waals surface area contributed by atoms with Crippen LogP contribution in [0.3, 0.4) is 0 Å². The van der Waals surface area contributed by atoms with E-state index >= 15 is 0 Å². The summed E-state index contributed by atoms with van der Waals surface area (Å²) in [4.78, 5) is 17.3. The Hall–Kier alpha value is -2.91. The molecule has 1 atom stereocenters. The third-order valence-corrected chi connectivity index (χ3v) is 6.30. The summed E-state index contributed by atoms with van der Waals surface area (Å²) >= 11 is 0. The topological polar surface area (TPSA) is 113 Å². The summed E-state index contributed by atoms with van der Waals surface area (Å²) in [6.07, 6.45) is 0. The van der Waals surface area contributed by atoms with E-state index in [-0.39, 0.29) is 22.3 Å². The van der Waals surface area contributed by atoms with Gasteiger partial charge < -0.3 is 15.1 Å². The highest BCUT2D eigenvalue weighted by atomic mass is 32.2. The minimum Gasteiger partial charge on any atom is -0.440 e. The molecule has 0 saturated carbocycles. The van der Waals surface area contributed by atoms with Crippen LogP contribution in [0.1, 0.15) is 47.4 Å². The van der Waals surface area contributed by atoms with Crippen molar-refractivity contribution in [2.24, 2.45) is 0 Å². The van der Waals surface area contributed by atoms with E-state index in [0.29, 0.717) is 17.2 Å². The Morgan fingerprint density at radius 1 is 1.00 bits per heavy atom. The van der Waals surface area contributed by atoms with Gasteiger partial charge >= 0.3 is 0 Å². The standard InChI is InChI=1S/C23H30N4O4S/c1-14(2)27-32(29,30)18-10-7-16(8-11-18)25-21(28)15(3)24-17-9-12-20-19(13-17)26-22(31-20)23(4,5)6/h7-15,24,27H,1-6H3,(H,25,28). The van der Waals surface area contributed by atoms with Crippen molar-refractivity contribution in [3.63, 3.8) is 0 Å².